The van der Waals surface area contributed by atoms with E-state index in [1.54, 1.807) is 0 Å². The number of nitrogens with zero attached hydrogens (tertiary/aromatic N) is 5. The summed E-state index contributed by atoms with van der Waals surface area (Å²) in [6.45, 7) is 2.17. The van der Waals surface area contributed by atoms with Crippen molar-refractivity contribution in [1.29, 1.82) is 0 Å². The van der Waals surface area contributed by atoms with Gasteiger partial charge in [-0.25, -0.2) is 9.97 Å². The normalized spacial score (nSPS) is 11.7. The van der Waals surface area contributed by atoms with E-state index in [9.17, 15) is 0 Å². The molecule has 4 heterocycles. The minimum absolute atomic E-state index is 0.636. The lowest BCUT2D eigenvalue weighted by atomic mass is 9.91. The maximum Gasteiger partial charge on any atom is 0.160 e. The van der Waals surface area contributed by atoms with Crippen LogP contribution in [0.15, 0.2) is 291 Å². The molecule has 0 saturated heterocycles. The predicted molar refractivity (Wildman–Crippen MR) is 342 cm³/mol. The van der Waals surface area contributed by atoms with Crippen LogP contribution in [0.2, 0.25) is 0 Å². The Morgan fingerprint density at radius 3 is 1.10 bits per heavy atom. The first-order chi connectivity index (χ1) is 40.6. The molecule has 0 bridgehead atoms. The van der Waals surface area contributed by atoms with Crippen LogP contribution >= 0.6 is 0 Å². The van der Waals surface area contributed by atoms with Crippen molar-refractivity contribution in [2.75, 3.05) is 0 Å². The van der Waals surface area contributed by atoms with E-state index < -0.39 is 0 Å². The van der Waals surface area contributed by atoms with Crippen LogP contribution in [0.3, 0.4) is 0 Å². The SMILES string of the molecule is Cc1cccc(-c2ccc3c(c2)c2ccccc2n3-c2c(-c3cccc(-n4c5ccccc5c5ccccc54)c3)cc(-c3nc(-c4ccccc4)cc(-c4ccccc4)n3)cc2-c2cccc(-n3c4ccccc4c4ccccc43)c2)c1. The summed E-state index contributed by atoms with van der Waals surface area (Å²) in [7, 11) is 0. The van der Waals surface area contributed by atoms with Crippen molar-refractivity contribution in [2.45, 2.75) is 6.92 Å². The Labute approximate surface area is 474 Å². The van der Waals surface area contributed by atoms with Gasteiger partial charge in [-0.2, -0.15) is 0 Å². The number of fused-ring (bicyclic) bond motifs is 9. The van der Waals surface area contributed by atoms with E-state index in [0.29, 0.717) is 5.82 Å². The fraction of sp³-hybridized carbons (Fsp3) is 0.0130. The van der Waals surface area contributed by atoms with Gasteiger partial charge in [0.05, 0.1) is 50.2 Å². The van der Waals surface area contributed by atoms with Crippen LogP contribution in [0.5, 0.6) is 0 Å². The molecule has 0 unspecified atom stereocenters. The molecule has 0 N–H and O–H groups in total. The van der Waals surface area contributed by atoms with Crippen molar-refractivity contribution in [2.24, 2.45) is 0 Å². The summed E-state index contributed by atoms with van der Waals surface area (Å²) in [5.41, 5.74) is 22.5. The first-order valence-electron chi connectivity index (χ1n) is 28.0. The molecular weight excluding hydrogens is 995 g/mol. The van der Waals surface area contributed by atoms with E-state index >= 15 is 0 Å². The summed E-state index contributed by atoms with van der Waals surface area (Å²) < 4.78 is 7.36. The van der Waals surface area contributed by atoms with Gasteiger partial charge in [-0.05, 0) is 114 Å². The third-order valence-corrected chi connectivity index (χ3v) is 16.5. The summed E-state index contributed by atoms with van der Waals surface area (Å²) in [6.07, 6.45) is 0. The standard InChI is InChI=1S/C77H51N5/c1-50-21-18-26-53(43-50)54-41-42-75-67(46-54)64-35-12-17-40-74(64)82(75)76-65(55-27-19-29-58(44-55)80-70-36-13-8-31-60(70)61-32-9-14-37-71(61)80)47-57(77-78-68(51-22-4-2-5-23-51)49-69(79-77)52-24-6-3-7-25-52)48-66(76)56-28-20-30-59(45-56)81-72-38-15-10-33-62(72)63-34-11-16-39-73(63)81/h2-49H,1H3. The maximum absolute atomic E-state index is 5.53. The second kappa shape index (κ2) is 19.2. The van der Waals surface area contributed by atoms with Crippen LogP contribution in [-0.4, -0.2) is 23.7 Å². The van der Waals surface area contributed by atoms with E-state index in [2.05, 4.69) is 312 Å². The largest absolute Gasteiger partial charge is 0.309 e. The van der Waals surface area contributed by atoms with Crippen molar-refractivity contribution < 1.29 is 0 Å². The third kappa shape index (κ3) is 7.77. The van der Waals surface area contributed by atoms with Crippen molar-refractivity contribution in [1.82, 2.24) is 23.7 Å². The molecule has 0 aliphatic carbocycles. The van der Waals surface area contributed by atoms with E-state index in [0.717, 1.165) is 100 Å². The monoisotopic (exact) mass is 1050 g/mol. The number of rotatable bonds is 9. The van der Waals surface area contributed by atoms with E-state index in [-0.39, 0.29) is 0 Å². The Balaban J connectivity index is 1.04. The summed E-state index contributed by atoms with van der Waals surface area (Å²) in [6, 6.07) is 106. The number of aromatic nitrogens is 5. The average molecular weight is 1050 g/mol. The maximum atomic E-state index is 5.53. The van der Waals surface area contributed by atoms with Crippen molar-refractivity contribution in [3.8, 4) is 84.3 Å². The van der Waals surface area contributed by atoms with Gasteiger partial charge in [0.1, 0.15) is 0 Å². The molecular formula is C77H51N5. The fourth-order valence-corrected chi connectivity index (χ4v) is 12.8. The van der Waals surface area contributed by atoms with Gasteiger partial charge in [-0.15, -0.1) is 0 Å². The molecule has 82 heavy (non-hydrogen) atoms. The fourth-order valence-electron chi connectivity index (χ4n) is 12.8. The summed E-state index contributed by atoms with van der Waals surface area (Å²) in [5, 5.41) is 7.24. The zero-order chi connectivity index (χ0) is 54.3. The van der Waals surface area contributed by atoms with Crippen LogP contribution in [0.1, 0.15) is 5.56 Å². The van der Waals surface area contributed by atoms with Crippen LogP contribution in [0.4, 0.5) is 0 Å². The highest BCUT2D eigenvalue weighted by molar-refractivity contribution is 6.13. The highest BCUT2D eigenvalue weighted by Gasteiger charge is 2.25. The zero-order valence-corrected chi connectivity index (χ0v) is 44.9. The molecule has 384 valence electrons. The molecule has 0 aliphatic heterocycles. The topological polar surface area (TPSA) is 40.6 Å². The molecule has 16 rings (SSSR count). The summed E-state index contributed by atoms with van der Waals surface area (Å²) in [4.78, 5) is 11.1. The number of hydrogen-bond acceptors (Lipinski definition) is 2. The molecule has 0 radical (unpaired) electrons. The predicted octanol–water partition coefficient (Wildman–Crippen LogP) is 20.1. The summed E-state index contributed by atoms with van der Waals surface area (Å²) >= 11 is 0. The Bertz CT molecular complexity index is 4830. The first-order valence-corrected chi connectivity index (χ1v) is 28.0. The molecule has 0 fully saturated rings. The molecule has 5 heteroatoms. The molecule has 0 spiro atoms. The number of benzene rings is 12. The highest BCUT2D eigenvalue weighted by Crippen LogP contribution is 2.46. The lowest BCUT2D eigenvalue weighted by Crippen LogP contribution is -2.04. The van der Waals surface area contributed by atoms with Gasteiger partial charge >= 0.3 is 0 Å². The summed E-state index contributed by atoms with van der Waals surface area (Å²) in [5.74, 6) is 0.636. The van der Waals surface area contributed by atoms with Gasteiger partial charge < -0.3 is 13.7 Å². The van der Waals surface area contributed by atoms with E-state index in [4.69, 9.17) is 9.97 Å². The molecule has 0 atom stereocenters. The molecule has 4 aromatic heterocycles. The van der Waals surface area contributed by atoms with Gasteiger partial charge in [-0.3, -0.25) is 0 Å². The lowest BCUT2D eigenvalue weighted by molar-refractivity contribution is 1.16. The van der Waals surface area contributed by atoms with E-state index in [1.165, 1.54) is 49.0 Å². The van der Waals surface area contributed by atoms with Crippen molar-refractivity contribution in [3.63, 3.8) is 0 Å². The Hall–Kier alpha value is -10.9. The van der Waals surface area contributed by atoms with Gasteiger partial charge in [0, 0.05) is 71.5 Å². The first kappa shape index (κ1) is 47.1. The Morgan fingerprint density at radius 1 is 0.244 bits per heavy atom. The second-order valence-corrected chi connectivity index (χ2v) is 21.4. The molecule has 12 aromatic carbocycles. The molecule has 5 nitrogen and oxygen atoms in total. The van der Waals surface area contributed by atoms with Crippen LogP contribution in [0, 0.1) is 6.92 Å². The Morgan fingerprint density at radius 2 is 0.622 bits per heavy atom. The minimum atomic E-state index is 0.636. The van der Waals surface area contributed by atoms with Crippen LogP contribution in [0.25, 0.3) is 150 Å². The molecule has 0 saturated carbocycles. The average Bonchev–Trinajstić information content (AvgIpc) is 3.88. The zero-order valence-electron chi connectivity index (χ0n) is 44.9. The van der Waals surface area contributed by atoms with Gasteiger partial charge in [-0.1, -0.05) is 212 Å². The minimum Gasteiger partial charge on any atom is -0.309 e. The van der Waals surface area contributed by atoms with Crippen molar-refractivity contribution in [3.05, 3.63) is 297 Å². The molecule has 0 aliphatic rings. The van der Waals surface area contributed by atoms with Crippen molar-refractivity contribution >= 4 is 65.4 Å². The Kier molecular flexibility index (Phi) is 11.0. The quantitative estimate of drug-likeness (QED) is 0.145. The third-order valence-electron chi connectivity index (χ3n) is 16.5. The second-order valence-electron chi connectivity index (χ2n) is 21.4. The van der Waals surface area contributed by atoms with E-state index in [1.807, 2.05) is 0 Å². The van der Waals surface area contributed by atoms with Crippen LogP contribution in [-0.2, 0) is 0 Å². The molecule has 16 aromatic rings. The number of hydrogen-bond donors (Lipinski definition) is 0. The van der Waals surface area contributed by atoms with Gasteiger partial charge in [0.25, 0.3) is 0 Å². The smallest absolute Gasteiger partial charge is 0.160 e. The molecule has 0 amide bonds. The van der Waals surface area contributed by atoms with Crippen LogP contribution < -0.4 is 0 Å². The lowest BCUT2D eigenvalue weighted by Gasteiger charge is -2.22. The number of para-hydroxylation sites is 5. The van der Waals surface area contributed by atoms with Gasteiger partial charge in [0.2, 0.25) is 0 Å². The number of aryl methyl sites for hydroxylation is 1. The van der Waals surface area contributed by atoms with Gasteiger partial charge in [0.15, 0.2) is 5.82 Å². The highest BCUT2D eigenvalue weighted by atomic mass is 15.0.